The molecule has 6 heteroatoms. The molecule has 0 radical (unpaired) electrons. The van der Waals surface area contributed by atoms with Crippen molar-refractivity contribution in [2.45, 2.75) is 6.36 Å². The SMILES string of the molecule is FC(F)(F)OC1=NCSC1. The average molecular weight is 171 g/mol. The van der Waals surface area contributed by atoms with E-state index in [9.17, 15) is 13.2 Å². The number of nitrogens with zero attached hydrogens (tertiary/aromatic N) is 1. The molecule has 0 atom stereocenters. The number of ether oxygens (including phenoxy) is 1. The average Bonchev–Trinajstić information content (AvgIpc) is 2.12. The van der Waals surface area contributed by atoms with Gasteiger partial charge in [-0.1, -0.05) is 0 Å². The Morgan fingerprint density at radius 1 is 1.50 bits per heavy atom. The van der Waals surface area contributed by atoms with Crippen molar-refractivity contribution in [2.75, 3.05) is 11.6 Å². The van der Waals surface area contributed by atoms with Crippen molar-refractivity contribution in [3.05, 3.63) is 0 Å². The second-order valence-corrected chi connectivity index (χ2v) is 2.53. The summed E-state index contributed by atoms with van der Waals surface area (Å²) in [5, 5.41) is 0. The Hall–Kier alpha value is -0.390. The van der Waals surface area contributed by atoms with Crippen molar-refractivity contribution < 1.29 is 17.9 Å². The van der Waals surface area contributed by atoms with Gasteiger partial charge in [0.1, 0.15) is 0 Å². The van der Waals surface area contributed by atoms with Gasteiger partial charge >= 0.3 is 6.36 Å². The Kier molecular flexibility index (Phi) is 2.08. The fourth-order valence-corrected chi connectivity index (χ4v) is 1.14. The predicted octanol–water partition coefficient (Wildman–Crippen LogP) is 1.63. The van der Waals surface area contributed by atoms with Gasteiger partial charge in [-0.05, 0) is 0 Å². The number of aliphatic imine (C=N–C) groups is 1. The van der Waals surface area contributed by atoms with Crippen molar-refractivity contribution in [1.82, 2.24) is 0 Å². The van der Waals surface area contributed by atoms with Crippen molar-refractivity contribution in [2.24, 2.45) is 4.99 Å². The van der Waals surface area contributed by atoms with E-state index in [1.807, 2.05) is 0 Å². The summed E-state index contributed by atoms with van der Waals surface area (Å²) in [6, 6.07) is 0. The molecule has 0 aromatic heterocycles. The first kappa shape index (κ1) is 7.71. The van der Waals surface area contributed by atoms with Crippen LogP contribution < -0.4 is 0 Å². The maximum absolute atomic E-state index is 11.4. The Balaban J connectivity index is 2.38. The second kappa shape index (κ2) is 2.69. The largest absolute Gasteiger partial charge is 0.574 e. The Bertz CT molecular complexity index is 155. The number of alkyl halides is 3. The molecule has 0 fully saturated rings. The molecule has 0 aliphatic carbocycles. The fraction of sp³-hybridized carbons (Fsp3) is 0.750. The third-order valence-electron chi connectivity index (χ3n) is 0.791. The van der Waals surface area contributed by atoms with E-state index in [4.69, 9.17) is 0 Å². The van der Waals surface area contributed by atoms with Gasteiger partial charge in [0.15, 0.2) is 0 Å². The summed E-state index contributed by atoms with van der Waals surface area (Å²) in [5.41, 5.74) is 0. The van der Waals surface area contributed by atoms with Crippen LogP contribution in [-0.2, 0) is 4.74 Å². The van der Waals surface area contributed by atoms with Crippen molar-refractivity contribution in [3.63, 3.8) is 0 Å². The molecule has 0 saturated carbocycles. The molecule has 1 aliphatic rings. The zero-order chi connectivity index (χ0) is 7.61. The molecule has 58 valence electrons. The van der Waals surface area contributed by atoms with Crippen LogP contribution in [0.5, 0.6) is 0 Å². The highest BCUT2D eigenvalue weighted by Crippen LogP contribution is 2.20. The summed E-state index contributed by atoms with van der Waals surface area (Å²) >= 11 is 1.29. The van der Waals surface area contributed by atoms with Gasteiger partial charge < -0.3 is 4.74 Å². The lowest BCUT2D eigenvalue weighted by atomic mass is 10.8. The van der Waals surface area contributed by atoms with E-state index in [-0.39, 0.29) is 11.7 Å². The fourth-order valence-electron chi connectivity index (χ4n) is 0.492. The maximum Gasteiger partial charge on any atom is 0.574 e. The highest BCUT2D eigenvalue weighted by atomic mass is 32.2. The summed E-state index contributed by atoms with van der Waals surface area (Å²) in [6.07, 6.45) is -4.58. The second-order valence-electron chi connectivity index (χ2n) is 1.58. The van der Waals surface area contributed by atoms with Gasteiger partial charge in [-0.25, -0.2) is 4.99 Å². The van der Waals surface area contributed by atoms with Crippen LogP contribution in [0.4, 0.5) is 13.2 Å². The molecule has 0 aromatic carbocycles. The van der Waals surface area contributed by atoms with Crippen LogP contribution in [0.15, 0.2) is 4.99 Å². The summed E-state index contributed by atoms with van der Waals surface area (Å²) in [4.78, 5) is 3.46. The van der Waals surface area contributed by atoms with Crippen LogP contribution in [0.3, 0.4) is 0 Å². The van der Waals surface area contributed by atoms with E-state index in [0.29, 0.717) is 5.88 Å². The topological polar surface area (TPSA) is 21.6 Å². The number of thioether (sulfide) groups is 1. The Labute approximate surface area is 59.5 Å². The van der Waals surface area contributed by atoms with Gasteiger partial charge in [0, 0.05) is 0 Å². The first-order valence-corrected chi connectivity index (χ1v) is 3.60. The molecule has 1 heterocycles. The number of rotatable bonds is 0. The lowest BCUT2D eigenvalue weighted by molar-refractivity contribution is -0.283. The van der Waals surface area contributed by atoms with E-state index in [1.54, 1.807) is 0 Å². The molecule has 0 amide bonds. The minimum absolute atomic E-state index is 0.222. The van der Waals surface area contributed by atoms with Gasteiger partial charge in [0.2, 0.25) is 5.90 Å². The Morgan fingerprint density at radius 2 is 2.20 bits per heavy atom. The maximum atomic E-state index is 11.4. The highest BCUT2D eigenvalue weighted by molar-refractivity contribution is 8.00. The van der Waals surface area contributed by atoms with Gasteiger partial charge in [0.25, 0.3) is 0 Å². The first-order chi connectivity index (χ1) is 4.58. The molecule has 0 spiro atoms. The summed E-state index contributed by atoms with van der Waals surface area (Å²) in [6.45, 7) is 0. The van der Waals surface area contributed by atoms with Crippen LogP contribution in [0.2, 0.25) is 0 Å². The van der Waals surface area contributed by atoms with E-state index >= 15 is 0 Å². The molecule has 0 saturated heterocycles. The summed E-state index contributed by atoms with van der Waals surface area (Å²) in [7, 11) is 0. The zero-order valence-electron chi connectivity index (χ0n) is 4.81. The zero-order valence-corrected chi connectivity index (χ0v) is 5.63. The third kappa shape index (κ3) is 2.47. The normalized spacial score (nSPS) is 18.9. The molecule has 0 unspecified atom stereocenters. The number of halogens is 3. The Morgan fingerprint density at radius 3 is 2.60 bits per heavy atom. The van der Waals surface area contributed by atoms with E-state index in [0.717, 1.165) is 0 Å². The monoisotopic (exact) mass is 171 g/mol. The molecule has 1 aliphatic heterocycles. The molecule has 0 N–H and O–H groups in total. The third-order valence-corrected chi connectivity index (χ3v) is 1.55. The van der Waals surface area contributed by atoms with Crippen molar-refractivity contribution >= 4 is 17.7 Å². The van der Waals surface area contributed by atoms with Gasteiger partial charge in [-0.15, -0.1) is 24.9 Å². The van der Waals surface area contributed by atoms with Gasteiger partial charge in [-0.2, -0.15) is 0 Å². The van der Waals surface area contributed by atoms with Crippen LogP contribution in [0.25, 0.3) is 0 Å². The van der Waals surface area contributed by atoms with Crippen LogP contribution >= 0.6 is 11.8 Å². The van der Waals surface area contributed by atoms with E-state index < -0.39 is 6.36 Å². The van der Waals surface area contributed by atoms with Crippen molar-refractivity contribution in [1.29, 1.82) is 0 Å². The lowest BCUT2D eigenvalue weighted by Crippen LogP contribution is -2.19. The lowest BCUT2D eigenvalue weighted by Gasteiger charge is -2.06. The molecule has 0 bridgehead atoms. The molecular formula is C4H4F3NOS. The smallest absolute Gasteiger partial charge is 0.391 e. The number of hydrogen-bond acceptors (Lipinski definition) is 3. The molecule has 0 aromatic rings. The van der Waals surface area contributed by atoms with E-state index in [1.165, 1.54) is 11.8 Å². The van der Waals surface area contributed by atoms with Crippen LogP contribution in [-0.4, -0.2) is 23.9 Å². The number of hydrogen-bond donors (Lipinski definition) is 0. The van der Waals surface area contributed by atoms with E-state index in [2.05, 4.69) is 9.73 Å². The van der Waals surface area contributed by atoms with Crippen LogP contribution in [0, 0.1) is 0 Å². The quantitative estimate of drug-likeness (QED) is 0.552. The minimum atomic E-state index is -4.58. The molecule has 10 heavy (non-hydrogen) atoms. The first-order valence-electron chi connectivity index (χ1n) is 2.45. The van der Waals surface area contributed by atoms with Gasteiger partial charge in [-0.3, -0.25) is 0 Å². The molecule has 2 nitrogen and oxygen atoms in total. The molecular weight excluding hydrogens is 167 g/mol. The summed E-state index contributed by atoms with van der Waals surface area (Å²) in [5.74, 6) is 0.364. The predicted molar refractivity (Wildman–Crippen MR) is 31.9 cm³/mol. The molecule has 1 rings (SSSR count). The van der Waals surface area contributed by atoms with Crippen molar-refractivity contribution in [3.8, 4) is 0 Å². The van der Waals surface area contributed by atoms with Crippen LogP contribution in [0.1, 0.15) is 0 Å². The highest BCUT2D eigenvalue weighted by Gasteiger charge is 2.33. The standard InChI is InChI=1S/C4H4F3NOS/c5-4(6,7)9-3-1-10-2-8-3/h1-2H2. The minimum Gasteiger partial charge on any atom is -0.391 e. The van der Waals surface area contributed by atoms with Gasteiger partial charge in [0.05, 0.1) is 11.6 Å². The summed E-state index contributed by atoms with van der Waals surface area (Å²) < 4.78 is 37.7.